The second-order valence-corrected chi connectivity index (χ2v) is 9.86. The molecule has 2 aromatic heterocycles. The molecule has 0 bridgehead atoms. The Kier molecular flexibility index (Phi) is 6.26. The molecule has 2 aliphatic rings. The van der Waals surface area contributed by atoms with Crippen LogP contribution in [0.15, 0.2) is 24.3 Å². The molecule has 3 aromatic rings. The van der Waals surface area contributed by atoms with Gasteiger partial charge in [0.15, 0.2) is 5.82 Å². The molecule has 180 valence electrons. The van der Waals surface area contributed by atoms with Gasteiger partial charge in [0, 0.05) is 36.1 Å². The van der Waals surface area contributed by atoms with Gasteiger partial charge in [-0.05, 0) is 50.7 Å². The summed E-state index contributed by atoms with van der Waals surface area (Å²) in [4.78, 5) is 24.2. The van der Waals surface area contributed by atoms with Gasteiger partial charge in [-0.1, -0.05) is 25.3 Å². The van der Waals surface area contributed by atoms with Crippen molar-refractivity contribution in [3.63, 3.8) is 0 Å². The number of benzene rings is 1. The quantitative estimate of drug-likeness (QED) is 0.455. The molecule has 1 aliphatic carbocycles. The number of nitrogens with zero attached hydrogens (tertiary/aromatic N) is 4. The number of anilines is 3. The van der Waals surface area contributed by atoms with Gasteiger partial charge in [0.25, 0.3) is 0 Å². The molecule has 1 saturated heterocycles. The predicted octanol–water partition coefficient (Wildman–Crippen LogP) is 3.49. The van der Waals surface area contributed by atoms with Crippen molar-refractivity contribution in [1.82, 2.24) is 25.5 Å². The highest BCUT2D eigenvalue weighted by Crippen LogP contribution is 2.31. The topological polar surface area (TPSA) is 139 Å². The highest BCUT2D eigenvalue weighted by molar-refractivity contribution is 5.91. The standard InChI is InChI=1S/C25H34N8O/c1-15-7-8-18(24(34)28-13-16-5-3-2-4-6-16)14-33(15)22-12-20(29-25(27)30-22)17-9-10-19-21(11-17)31-32-23(19)26/h9-12,15-16,18H,2-8,13-14H2,1H3,(H,28,34)(H3,26,31,32)(H2,27,29,30)/t15-,18+/m1/s1. The third-order valence-electron chi connectivity index (χ3n) is 7.45. The maximum atomic E-state index is 13.0. The van der Waals surface area contributed by atoms with Crippen molar-refractivity contribution in [2.75, 3.05) is 29.5 Å². The Balaban J connectivity index is 1.33. The molecule has 2 atom stereocenters. The van der Waals surface area contributed by atoms with Gasteiger partial charge in [0.05, 0.1) is 17.1 Å². The van der Waals surface area contributed by atoms with Crippen molar-refractivity contribution in [3.8, 4) is 11.3 Å². The van der Waals surface area contributed by atoms with E-state index in [2.05, 4.69) is 37.3 Å². The average molecular weight is 463 g/mol. The normalized spacial score (nSPS) is 21.6. The van der Waals surface area contributed by atoms with Gasteiger partial charge >= 0.3 is 0 Å². The lowest BCUT2D eigenvalue weighted by atomic mass is 9.88. The maximum Gasteiger partial charge on any atom is 0.224 e. The van der Waals surface area contributed by atoms with E-state index < -0.39 is 0 Å². The van der Waals surface area contributed by atoms with Gasteiger partial charge in [-0.2, -0.15) is 10.1 Å². The smallest absolute Gasteiger partial charge is 0.224 e. The molecular weight excluding hydrogens is 428 g/mol. The van der Waals surface area contributed by atoms with E-state index in [-0.39, 0.29) is 23.8 Å². The first-order valence-corrected chi connectivity index (χ1v) is 12.4. The molecule has 6 N–H and O–H groups in total. The van der Waals surface area contributed by atoms with Gasteiger partial charge in [0.2, 0.25) is 11.9 Å². The van der Waals surface area contributed by atoms with Crippen LogP contribution in [0.3, 0.4) is 0 Å². The Bertz CT molecular complexity index is 1170. The van der Waals surface area contributed by atoms with Crippen LogP contribution >= 0.6 is 0 Å². The number of hydrogen-bond donors (Lipinski definition) is 4. The Morgan fingerprint density at radius 1 is 1.12 bits per heavy atom. The van der Waals surface area contributed by atoms with Crippen molar-refractivity contribution < 1.29 is 4.79 Å². The number of nitrogens with one attached hydrogen (secondary N) is 2. The number of piperidine rings is 1. The molecule has 5 rings (SSSR count). The fraction of sp³-hybridized carbons (Fsp3) is 0.520. The van der Waals surface area contributed by atoms with E-state index in [1.165, 1.54) is 32.1 Å². The SMILES string of the molecule is C[C@@H]1CC[C@H](C(=O)NCC2CCCCC2)CN1c1cc(-c2ccc3c(N)n[nH]c3c2)nc(N)n1. The zero-order valence-corrected chi connectivity index (χ0v) is 19.8. The van der Waals surface area contributed by atoms with Crippen molar-refractivity contribution in [2.45, 2.75) is 57.9 Å². The first-order chi connectivity index (χ1) is 16.5. The lowest BCUT2D eigenvalue weighted by Crippen LogP contribution is -2.48. The van der Waals surface area contributed by atoms with Crippen LogP contribution in [-0.2, 0) is 4.79 Å². The average Bonchev–Trinajstić information content (AvgIpc) is 3.23. The summed E-state index contributed by atoms with van der Waals surface area (Å²) in [5, 5.41) is 11.1. The molecule has 0 spiro atoms. The summed E-state index contributed by atoms with van der Waals surface area (Å²) in [5.74, 6) is 2.18. The molecule has 1 aromatic carbocycles. The summed E-state index contributed by atoms with van der Waals surface area (Å²) in [5.41, 5.74) is 14.5. The van der Waals surface area contributed by atoms with Gasteiger partial charge in [-0.3, -0.25) is 9.89 Å². The maximum absolute atomic E-state index is 13.0. The number of H-pyrrole nitrogens is 1. The summed E-state index contributed by atoms with van der Waals surface area (Å²) < 4.78 is 0. The molecule has 1 aliphatic heterocycles. The van der Waals surface area contributed by atoms with Crippen LogP contribution in [-0.4, -0.2) is 45.2 Å². The lowest BCUT2D eigenvalue weighted by Gasteiger charge is -2.38. The molecule has 3 heterocycles. The van der Waals surface area contributed by atoms with Crippen molar-refractivity contribution in [1.29, 1.82) is 0 Å². The molecular formula is C25H34N8O. The molecule has 9 heteroatoms. The van der Waals surface area contributed by atoms with E-state index in [1.54, 1.807) is 0 Å². The van der Waals surface area contributed by atoms with Crippen LogP contribution in [0.4, 0.5) is 17.6 Å². The Labute approximate surface area is 199 Å². The minimum Gasteiger partial charge on any atom is -0.382 e. The lowest BCUT2D eigenvalue weighted by molar-refractivity contribution is -0.125. The Morgan fingerprint density at radius 2 is 1.94 bits per heavy atom. The van der Waals surface area contributed by atoms with Gasteiger partial charge in [0.1, 0.15) is 5.82 Å². The highest BCUT2D eigenvalue weighted by atomic mass is 16.1. The molecule has 1 amide bonds. The third kappa shape index (κ3) is 4.64. The summed E-state index contributed by atoms with van der Waals surface area (Å²) in [6, 6.07) is 8.07. The number of amides is 1. The third-order valence-corrected chi connectivity index (χ3v) is 7.45. The summed E-state index contributed by atoms with van der Waals surface area (Å²) in [7, 11) is 0. The number of fused-ring (bicyclic) bond motifs is 1. The van der Waals surface area contributed by atoms with E-state index in [0.29, 0.717) is 18.3 Å². The number of carbonyl (C=O) groups is 1. The summed E-state index contributed by atoms with van der Waals surface area (Å²) >= 11 is 0. The Hall–Kier alpha value is -3.36. The molecule has 34 heavy (non-hydrogen) atoms. The Morgan fingerprint density at radius 3 is 2.76 bits per heavy atom. The summed E-state index contributed by atoms with van der Waals surface area (Å²) in [6.45, 7) is 3.60. The van der Waals surface area contributed by atoms with E-state index >= 15 is 0 Å². The summed E-state index contributed by atoms with van der Waals surface area (Å²) in [6.07, 6.45) is 8.18. The van der Waals surface area contributed by atoms with Crippen LogP contribution < -0.4 is 21.7 Å². The highest BCUT2D eigenvalue weighted by Gasteiger charge is 2.31. The van der Waals surface area contributed by atoms with Crippen molar-refractivity contribution in [3.05, 3.63) is 24.3 Å². The van der Waals surface area contributed by atoms with Gasteiger partial charge < -0.3 is 21.7 Å². The molecule has 0 radical (unpaired) electrons. The van der Waals surface area contributed by atoms with Crippen molar-refractivity contribution in [2.24, 2.45) is 11.8 Å². The minimum atomic E-state index is -0.0521. The molecule has 1 saturated carbocycles. The van der Waals surface area contributed by atoms with E-state index in [0.717, 1.165) is 47.4 Å². The van der Waals surface area contributed by atoms with E-state index in [4.69, 9.17) is 11.5 Å². The minimum absolute atomic E-state index is 0.0521. The number of nitrogens with two attached hydrogens (primary N) is 2. The number of rotatable bonds is 5. The number of aromatic nitrogens is 4. The van der Waals surface area contributed by atoms with E-state index in [1.807, 2.05) is 24.3 Å². The van der Waals surface area contributed by atoms with Crippen LogP contribution in [0.5, 0.6) is 0 Å². The second kappa shape index (κ2) is 9.48. The number of aromatic amines is 1. The first-order valence-electron chi connectivity index (χ1n) is 12.4. The zero-order valence-electron chi connectivity index (χ0n) is 19.8. The predicted molar refractivity (Wildman–Crippen MR) is 135 cm³/mol. The van der Waals surface area contributed by atoms with Crippen LogP contribution in [0.25, 0.3) is 22.2 Å². The van der Waals surface area contributed by atoms with Crippen LogP contribution in [0.2, 0.25) is 0 Å². The molecule has 9 nitrogen and oxygen atoms in total. The van der Waals surface area contributed by atoms with Crippen LogP contribution in [0.1, 0.15) is 51.9 Å². The first kappa shape index (κ1) is 22.4. The molecule has 2 fully saturated rings. The van der Waals surface area contributed by atoms with Gasteiger partial charge in [-0.15, -0.1) is 0 Å². The van der Waals surface area contributed by atoms with Crippen LogP contribution in [0, 0.1) is 11.8 Å². The fourth-order valence-electron chi connectivity index (χ4n) is 5.37. The molecule has 0 unspecified atom stereocenters. The van der Waals surface area contributed by atoms with E-state index in [9.17, 15) is 4.79 Å². The number of carbonyl (C=O) groups excluding carboxylic acids is 1. The van der Waals surface area contributed by atoms with Crippen molar-refractivity contribution >= 4 is 34.4 Å². The van der Waals surface area contributed by atoms with Gasteiger partial charge in [-0.25, -0.2) is 4.98 Å². The second-order valence-electron chi connectivity index (χ2n) is 9.86. The largest absolute Gasteiger partial charge is 0.382 e. The number of nitrogen functional groups attached to an aromatic ring is 2. The number of hydrogen-bond acceptors (Lipinski definition) is 7. The fourth-order valence-corrected chi connectivity index (χ4v) is 5.37. The zero-order chi connectivity index (χ0) is 23.7. The monoisotopic (exact) mass is 462 g/mol.